The highest BCUT2D eigenvalue weighted by atomic mass is 79.9. The van der Waals surface area contributed by atoms with Gasteiger partial charge in [0.15, 0.2) is 5.65 Å². The van der Waals surface area contributed by atoms with Crippen molar-refractivity contribution in [3.8, 4) is 0 Å². The normalized spacial score (nSPS) is 29.3. The lowest BCUT2D eigenvalue weighted by Crippen LogP contribution is -2.41. The maximum atomic E-state index is 9.74. The van der Waals surface area contributed by atoms with Crippen molar-refractivity contribution in [1.29, 1.82) is 0 Å². The molecule has 2 aromatic rings. The van der Waals surface area contributed by atoms with E-state index in [-0.39, 0.29) is 0 Å². The van der Waals surface area contributed by atoms with Crippen LogP contribution in [0.2, 0.25) is 0 Å². The Labute approximate surface area is 101 Å². The van der Waals surface area contributed by atoms with Crippen molar-refractivity contribution in [2.45, 2.75) is 31.4 Å². The van der Waals surface area contributed by atoms with E-state index in [4.69, 9.17) is 0 Å². The molecule has 0 aliphatic heterocycles. The summed E-state index contributed by atoms with van der Waals surface area (Å²) in [6.45, 7) is 1.87. The molecule has 1 saturated carbocycles. The second kappa shape index (κ2) is 3.28. The monoisotopic (exact) mass is 281 g/mol. The van der Waals surface area contributed by atoms with Crippen molar-refractivity contribution in [1.82, 2.24) is 14.5 Å². The van der Waals surface area contributed by atoms with Crippen molar-refractivity contribution in [3.63, 3.8) is 0 Å². The summed E-state index contributed by atoms with van der Waals surface area (Å²) >= 11 is 3.38. The minimum atomic E-state index is -0.517. The van der Waals surface area contributed by atoms with E-state index in [2.05, 4.69) is 30.5 Å². The van der Waals surface area contributed by atoms with Gasteiger partial charge in [-0.2, -0.15) is 0 Å². The standard InChI is InChI=1S/C11H12BrN3O/c1-11(16)3-8(4-11)15-6-14-9-2-7(12)5-13-10(9)15/h2,5-6,8,16H,3-4H2,1H3. The van der Waals surface area contributed by atoms with Crippen molar-refractivity contribution >= 4 is 27.1 Å². The Bertz CT molecular complexity index is 541. The summed E-state index contributed by atoms with van der Waals surface area (Å²) in [5.74, 6) is 0. The fraction of sp³-hybridized carbons (Fsp3) is 0.455. The number of imidazole rings is 1. The first-order valence-electron chi connectivity index (χ1n) is 5.26. The van der Waals surface area contributed by atoms with Crippen LogP contribution in [0.1, 0.15) is 25.8 Å². The molecule has 2 heterocycles. The predicted molar refractivity (Wildman–Crippen MR) is 64.1 cm³/mol. The first-order valence-corrected chi connectivity index (χ1v) is 6.05. The predicted octanol–water partition coefficient (Wildman–Crippen LogP) is 2.28. The van der Waals surface area contributed by atoms with Crippen LogP contribution in [-0.2, 0) is 0 Å². The van der Waals surface area contributed by atoms with Gasteiger partial charge in [0.25, 0.3) is 0 Å². The molecule has 0 amide bonds. The number of hydrogen-bond donors (Lipinski definition) is 1. The first-order chi connectivity index (χ1) is 7.55. The molecule has 0 bridgehead atoms. The van der Waals surface area contributed by atoms with Crippen LogP contribution in [-0.4, -0.2) is 25.2 Å². The molecule has 0 aromatic carbocycles. The highest BCUT2D eigenvalue weighted by Gasteiger charge is 2.39. The summed E-state index contributed by atoms with van der Waals surface area (Å²) in [5.41, 5.74) is 1.26. The Morgan fingerprint density at radius 3 is 2.94 bits per heavy atom. The van der Waals surface area contributed by atoms with Gasteiger partial charge in [-0.15, -0.1) is 0 Å². The van der Waals surface area contributed by atoms with Gasteiger partial charge in [0, 0.05) is 16.7 Å². The molecule has 0 radical (unpaired) electrons. The van der Waals surface area contributed by atoms with Gasteiger partial charge in [-0.3, -0.25) is 0 Å². The number of aromatic nitrogens is 3. The van der Waals surface area contributed by atoms with Gasteiger partial charge in [0.2, 0.25) is 0 Å². The molecule has 1 aliphatic carbocycles. The average Bonchev–Trinajstić information content (AvgIpc) is 2.56. The van der Waals surface area contributed by atoms with Crippen molar-refractivity contribution in [2.75, 3.05) is 0 Å². The summed E-state index contributed by atoms with van der Waals surface area (Å²) < 4.78 is 2.99. The van der Waals surface area contributed by atoms with Crippen LogP contribution in [0.4, 0.5) is 0 Å². The van der Waals surface area contributed by atoms with Gasteiger partial charge < -0.3 is 9.67 Å². The zero-order valence-electron chi connectivity index (χ0n) is 8.89. The molecular formula is C11H12BrN3O. The number of hydrogen-bond acceptors (Lipinski definition) is 3. The van der Waals surface area contributed by atoms with E-state index < -0.39 is 5.60 Å². The van der Waals surface area contributed by atoms with E-state index in [1.807, 2.05) is 19.3 Å². The number of rotatable bonds is 1. The molecule has 4 nitrogen and oxygen atoms in total. The summed E-state index contributed by atoms with van der Waals surface area (Å²) in [6, 6.07) is 2.28. The van der Waals surface area contributed by atoms with Gasteiger partial charge in [-0.1, -0.05) is 0 Å². The molecule has 5 heteroatoms. The molecule has 84 valence electrons. The first kappa shape index (κ1) is 10.2. The molecule has 3 rings (SSSR count). The molecule has 0 unspecified atom stereocenters. The Hall–Kier alpha value is -0.940. The fourth-order valence-corrected chi connectivity index (χ4v) is 2.63. The van der Waals surface area contributed by atoms with Crippen LogP contribution < -0.4 is 0 Å². The Balaban J connectivity index is 2.00. The van der Waals surface area contributed by atoms with E-state index in [0.29, 0.717) is 6.04 Å². The second-order valence-electron chi connectivity index (χ2n) is 4.71. The third-order valence-electron chi connectivity index (χ3n) is 3.12. The third-order valence-corrected chi connectivity index (χ3v) is 3.56. The molecule has 0 atom stereocenters. The second-order valence-corrected chi connectivity index (χ2v) is 5.62. The summed E-state index contributed by atoms with van der Waals surface area (Å²) in [5, 5.41) is 9.74. The van der Waals surface area contributed by atoms with Crippen LogP contribution in [0.3, 0.4) is 0 Å². The van der Waals surface area contributed by atoms with Crippen LogP contribution in [0.25, 0.3) is 11.2 Å². The summed E-state index contributed by atoms with van der Waals surface area (Å²) in [7, 11) is 0. The number of fused-ring (bicyclic) bond motifs is 1. The summed E-state index contributed by atoms with van der Waals surface area (Å²) in [6.07, 6.45) is 5.13. The zero-order chi connectivity index (χ0) is 11.3. The highest BCUT2D eigenvalue weighted by Crippen LogP contribution is 2.41. The quantitative estimate of drug-likeness (QED) is 0.873. The minimum Gasteiger partial charge on any atom is -0.390 e. The van der Waals surface area contributed by atoms with Gasteiger partial charge in [0.1, 0.15) is 5.52 Å². The van der Waals surface area contributed by atoms with Gasteiger partial charge in [-0.05, 0) is 41.8 Å². The maximum absolute atomic E-state index is 9.74. The van der Waals surface area contributed by atoms with Crippen molar-refractivity contribution in [3.05, 3.63) is 23.1 Å². The molecule has 16 heavy (non-hydrogen) atoms. The van der Waals surface area contributed by atoms with Crippen molar-refractivity contribution < 1.29 is 5.11 Å². The SMILES string of the molecule is CC1(O)CC(n2cnc3cc(Br)cnc32)C1. The lowest BCUT2D eigenvalue weighted by Gasteiger charge is -2.41. The molecule has 1 fully saturated rings. The highest BCUT2D eigenvalue weighted by molar-refractivity contribution is 9.10. The average molecular weight is 282 g/mol. The Morgan fingerprint density at radius 1 is 1.50 bits per heavy atom. The smallest absolute Gasteiger partial charge is 0.160 e. The molecular weight excluding hydrogens is 270 g/mol. The Morgan fingerprint density at radius 2 is 2.25 bits per heavy atom. The fourth-order valence-electron chi connectivity index (χ4n) is 2.31. The number of aliphatic hydroxyl groups is 1. The molecule has 2 aromatic heterocycles. The van der Waals surface area contributed by atoms with Crippen LogP contribution in [0.15, 0.2) is 23.1 Å². The van der Waals surface area contributed by atoms with Crippen LogP contribution in [0.5, 0.6) is 0 Å². The molecule has 0 spiro atoms. The van der Waals surface area contributed by atoms with E-state index in [9.17, 15) is 5.11 Å². The zero-order valence-corrected chi connectivity index (χ0v) is 10.5. The maximum Gasteiger partial charge on any atom is 0.160 e. The van der Waals surface area contributed by atoms with E-state index >= 15 is 0 Å². The van der Waals surface area contributed by atoms with Crippen LogP contribution >= 0.6 is 15.9 Å². The minimum absolute atomic E-state index is 0.327. The van der Waals surface area contributed by atoms with Gasteiger partial charge in [0.05, 0.1) is 11.9 Å². The van der Waals surface area contributed by atoms with E-state index in [0.717, 1.165) is 28.5 Å². The lowest BCUT2D eigenvalue weighted by molar-refractivity contribution is -0.0499. The van der Waals surface area contributed by atoms with Crippen molar-refractivity contribution in [2.24, 2.45) is 0 Å². The van der Waals surface area contributed by atoms with Gasteiger partial charge in [-0.25, -0.2) is 9.97 Å². The summed E-state index contributed by atoms with van der Waals surface area (Å²) in [4.78, 5) is 8.68. The Kier molecular flexibility index (Phi) is 2.09. The topological polar surface area (TPSA) is 50.9 Å². The lowest BCUT2D eigenvalue weighted by atomic mass is 9.77. The molecule has 1 aliphatic rings. The molecule has 0 saturated heterocycles. The van der Waals surface area contributed by atoms with Crippen LogP contribution in [0, 0.1) is 0 Å². The number of nitrogens with zero attached hydrogens (tertiary/aromatic N) is 3. The number of halogens is 1. The molecule has 1 N–H and O–H groups in total. The van der Waals surface area contributed by atoms with Gasteiger partial charge >= 0.3 is 0 Å². The number of pyridine rings is 1. The van der Waals surface area contributed by atoms with E-state index in [1.165, 1.54) is 0 Å². The third kappa shape index (κ3) is 1.55. The van der Waals surface area contributed by atoms with E-state index in [1.54, 1.807) is 6.20 Å². The largest absolute Gasteiger partial charge is 0.390 e.